The lowest BCUT2D eigenvalue weighted by molar-refractivity contribution is 0.151. The van der Waals surface area contributed by atoms with Gasteiger partial charge in [0.15, 0.2) is 0 Å². The molecule has 1 aliphatic rings. The molecule has 0 spiro atoms. The molecule has 2 rings (SSSR count). The summed E-state index contributed by atoms with van der Waals surface area (Å²) in [6.45, 7) is 4.46. The third-order valence-electron chi connectivity index (χ3n) is 4.13. The van der Waals surface area contributed by atoms with Gasteiger partial charge in [0.25, 0.3) is 0 Å². The number of anilines is 1. The summed E-state index contributed by atoms with van der Waals surface area (Å²) in [5.41, 5.74) is 3.20. The molecule has 1 aromatic rings. The molecule has 2 nitrogen and oxygen atoms in total. The molecule has 0 aliphatic heterocycles. The molecule has 0 amide bonds. The average Bonchev–Trinajstić information content (AvgIpc) is 2.35. The van der Waals surface area contributed by atoms with E-state index in [1.54, 1.807) is 0 Å². The highest BCUT2D eigenvalue weighted by molar-refractivity contribution is 5.45. The van der Waals surface area contributed by atoms with Crippen LogP contribution < -0.4 is 10.6 Å². The van der Waals surface area contributed by atoms with Crippen LogP contribution in [0.5, 0.6) is 0 Å². The van der Waals surface area contributed by atoms with E-state index in [0.717, 1.165) is 13.1 Å². The second-order valence-corrected chi connectivity index (χ2v) is 5.68. The monoisotopic (exact) mass is 246 g/mol. The first kappa shape index (κ1) is 13.4. The van der Waals surface area contributed by atoms with E-state index in [9.17, 15) is 0 Å². The summed E-state index contributed by atoms with van der Waals surface area (Å²) < 4.78 is 0. The number of hydrogen-bond donors (Lipinski definition) is 2. The Morgan fingerprint density at radius 1 is 1.11 bits per heavy atom. The molecule has 100 valence electrons. The highest BCUT2D eigenvalue weighted by atomic mass is 14.9. The van der Waals surface area contributed by atoms with Gasteiger partial charge in [0.05, 0.1) is 0 Å². The number of hydrogen-bond acceptors (Lipinski definition) is 2. The molecule has 0 radical (unpaired) electrons. The highest BCUT2D eigenvalue weighted by Gasteiger charge is 2.35. The van der Waals surface area contributed by atoms with Crippen molar-refractivity contribution in [1.29, 1.82) is 0 Å². The number of rotatable bonds is 7. The van der Waals surface area contributed by atoms with E-state index in [1.807, 2.05) is 0 Å². The third kappa shape index (κ3) is 3.26. The normalized spacial score (nSPS) is 17.2. The molecule has 0 atom stereocenters. The van der Waals surface area contributed by atoms with Crippen LogP contribution in [0.2, 0.25) is 0 Å². The van der Waals surface area contributed by atoms with Crippen LogP contribution >= 0.6 is 0 Å². The molecule has 1 aromatic carbocycles. The van der Waals surface area contributed by atoms with Crippen molar-refractivity contribution in [3.05, 3.63) is 29.8 Å². The summed E-state index contributed by atoms with van der Waals surface area (Å²) in [6.07, 6.45) is 6.50. The predicted molar refractivity (Wildman–Crippen MR) is 79.1 cm³/mol. The summed E-state index contributed by atoms with van der Waals surface area (Å²) in [5, 5.41) is 6.93. The number of benzene rings is 1. The Labute approximate surface area is 111 Å². The van der Waals surface area contributed by atoms with Crippen LogP contribution in [0.3, 0.4) is 0 Å². The third-order valence-corrected chi connectivity index (χ3v) is 4.13. The van der Waals surface area contributed by atoms with Gasteiger partial charge in [-0.2, -0.15) is 0 Å². The summed E-state index contributed by atoms with van der Waals surface area (Å²) >= 11 is 0. The molecule has 1 fully saturated rings. The minimum Gasteiger partial charge on any atom is -0.384 e. The van der Waals surface area contributed by atoms with E-state index < -0.39 is 0 Å². The highest BCUT2D eigenvalue weighted by Crippen LogP contribution is 2.40. The maximum atomic E-state index is 3.60. The Bertz CT molecular complexity index is 352. The molecule has 1 saturated carbocycles. The van der Waals surface area contributed by atoms with E-state index in [0.29, 0.717) is 5.41 Å². The summed E-state index contributed by atoms with van der Waals surface area (Å²) in [7, 11) is 2.06. The Morgan fingerprint density at radius 2 is 1.83 bits per heavy atom. The van der Waals surface area contributed by atoms with Crippen LogP contribution in [0, 0.1) is 5.41 Å². The van der Waals surface area contributed by atoms with Crippen LogP contribution in [0.4, 0.5) is 5.69 Å². The molecule has 0 bridgehead atoms. The molecule has 18 heavy (non-hydrogen) atoms. The molecule has 0 aromatic heterocycles. The largest absolute Gasteiger partial charge is 0.384 e. The molecular weight excluding hydrogens is 220 g/mol. The van der Waals surface area contributed by atoms with Crippen molar-refractivity contribution in [2.24, 2.45) is 5.41 Å². The van der Waals surface area contributed by atoms with Crippen LogP contribution in [-0.2, 0) is 6.42 Å². The molecular formula is C16H26N2. The van der Waals surface area contributed by atoms with Crippen molar-refractivity contribution in [2.45, 2.75) is 39.0 Å². The lowest BCUT2D eigenvalue weighted by atomic mass is 9.68. The topological polar surface area (TPSA) is 24.1 Å². The summed E-state index contributed by atoms with van der Waals surface area (Å²) in [4.78, 5) is 0. The fourth-order valence-electron chi connectivity index (χ4n) is 2.84. The van der Waals surface area contributed by atoms with Gasteiger partial charge in [0.2, 0.25) is 0 Å². The standard InChI is InChI=1S/C16H26N2/c1-3-5-14-6-8-15(9-7-14)18-13-16(12-17-2)10-4-11-16/h6-9,17-18H,3-5,10-13H2,1-2H3. The van der Waals surface area contributed by atoms with E-state index in [1.165, 1.54) is 43.4 Å². The maximum Gasteiger partial charge on any atom is 0.0340 e. The summed E-state index contributed by atoms with van der Waals surface area (Å²) in [6, 6.07) is 8.93. The van der Waals surface area contributed by atoms with Crippen LogP contribution in [0.1, 0.15) is 38.2 Å². The van der Waals surface area contributed by atoms with E-state index in [2.05, 4.69) is 48.9 Å². The first-order chi connectivity index (χ1) is 8.78. The maximum absolute atomic E-state index is 3.60. The minimum atomic E-state index is 0.497. The van der Waals surface area contributed by atoms with Gasteiger partial charge in [-0.15, -0.1) is 0 Å². The zero-order valence-electron chi connectivity index (χ0n) is 11.8. The van der Waals surface area contributed by atoms with Crippen LogP contribution in [0.25, 0.3) is 0 Å². The van der Waals surface area contributed by atoms with E-state index in [4.69, 9.17) is 0 Å². The van der Waals surface area contributed by atoms with Gasteiger partial charge in [0, 0.05) is 24.2 Å². The SMILES string of the molecule is CCCc1ccc(NCC2(CNC)CCC2)cc1. The first-order valence-corrected chi connectivity index (χ1v) is 7.25. The van der Waals surface area contributed by atoms with Gasteiger partial charge >= 0.3 is 0 Å². The van der Waals surface area contributed by atoms with Gasteiger partial charge in [0.1, 0.15) is 0 Å². The second kappa shape index (κ2) is 6.24. The Morgan fingerprint density at radius 3 is 2.33 bits per heavy atom. The molecule has 2 N–H and O–H groups in total. The predicted octanol–water partition coefficient (Wildman–Crippen LogP) is 3.44. The number of aryl methyl sites for hydroxylation is 1. The Hall–Kier alpha value is -1.02. The van der Waals surface area contributed by atoms with E-state index in [-0.39, 0.29) is 0 Å². The second-order valence-electron chi connectivity index (χ2n) is 5.68. The summed E-state index contributed by atoms with van der Waals surface area (Å²) in [5.74, 6) is 0. The zero-order chi connectivity index (χ0) is 12.8. The van der Waals surface area contributed by atoms with Crippen molar-refractivity contribution in [2.75, 3.05) is 25.5 Å². The average molecular weight is 246 g/mol. The minimum absolute atomic E-state index is 0.497. The van der Waals surface area contributed by atoms with Crippen LogP contribution in [-0.4, -0.2) is 20.1 Å². The molecule has 0 saturated heterocycles. The molecule has 1 aliphatic carbocycles. The van der Waals surface area contributed by atoms with Gasteiger partial charge in [-0.3, -0.25) is 0 Å². The van der Waals surface area contributed by atoms with Crippen LogP contribution in [0.15, 0.2) is 24.3 Å². The zero-order valence-corrected chi connectivity index (χ0v) is 11.8. The molecule has 2 heteroatoms. The van der Waals surface area contributed by atoms with Crippen molar-refractivity contribution >= 4 is 5.69 Å². The number of nitrogens with one attached hydrogen (secondary N) is 2. The smallest absolute Gasteiger partial charge is 0.0340 e. The fourth-order valence-corrected chi connectivity index (χ4v) is 2.84. The van der Waals surface area contributed by atoms with Gasteiger partial charge in [-0.25, -0.2) is 0 Å². The van der Waals surface area contributed by atoms with Crippen molar-refractivity contribution < 1.29 is 0 Å². The van der Waals surface area contributed by atoms with Gasteiger partial charge in [-0.1, -0.05) is 31.9 Å². The lowest BCUT2D eigenvalue weighted by Crippen LogP contribution is -2.44. The van der Waals surface area contributed by atoms with Crippen molar-refractivity contribution in [3.8, 4) is 0 Å². The Balaban J connectivity index is 1.85. The molecule has 0 heterocycles. The lowest BCUT2D eigenvalue weighted by Gasteiger charge is -2.42. The van der Waals surface area contributed by atoms with Gasteiger partial charge in [-0.05, 0) is 44.0 Å². The van der Waals surface area contributed by atoms with Crippen molar-refractivity contribution in [1.82, 2.24) is 5.32 Å². The van der Waals surface area contributed by atoms with Gasteiger partial charge < -0.3 is 10.6 Å². The van der Waals surface area contributed by atoms with Crippen molar-refractivity contribution in [3.63, 3.8) is 0 Å². The first-order valence-electron chi connectivity index (χ1n) is 7.25. The fraction of sp³-hybridized carbons (Fsp3) is 0.625. The quantitative estimate of drug-likeness (QED) is 0.770. The van der Waals surface area contributed by atoms with E-state index >= 15 is 0 Å². The molecule has 0 unspecified atom stereocenters. The Kier molecular flexibility index (Phi) is 4.65.